The molecule has 1 aliphatic rings. The van der Waals surface area contributed by atoms with Gasteiger partial charge in [-0.15, -0.1) is 0 Å². The Morgan fingerprint density at radius 2 is 1.71 bits per heavy atom. The highest BCUT2D eigenvalue weighted by atomic mass is 16.2. The van der Waals surface area contributed by atoms with Crippen molar-refractivity contribution in [1.82, 2.24) is 10.3 Å². The normalized spacial score (nSPS) is 17.2. The number of H-pyrrole nitrogens is 1. The van der Waals surface area contributed by atoms with E-state index in [1.54, 1.807) is 0 Å². The standard InChI is InChI=1S/C17H15N3O/c1-10-11-6-2-4-8-13(11)18-15(10)16-19-14-9-5-3-7-12(14)17(21)20-16/h2-9,16,18-19H,1H3,(H,20,21). The maximum absolute atomic E-state index is 12.2. The fourth-order valence-corrected chi connectivity index (χ4v) is 2.94. The lowest BCUT2D eigenvalue weighted by molar-refractivity contribution is 0.0935. The molecule has 0 bridgehead atoms. The van der Waals surface area contributed by atoms with Crippen LogP contribution in [0.25, 0.3) is 10.9 Å². The van der Waals surface area contributed by atoms with E-state index in [0.29, 0.717) is 5.56 Å². The molecule has 4 nitrogen and oxygen atoms in total. The zero-order valence-electron chi connectivity index (χ0n) is 11.6. The number of nitrogens with one attached hydrogen (secondary N) is 3. The molecule has 104 valence electrons. The van der Waals surface area contributed by atoms with Crippen molar-refractivity contribution in [3.8, 4) is 0 Å². The van der Waals surface area contributed by atoms with E-state index in [1.807, 2.05) is 42.5 Å². The zero-order chi connectivity index (χ0) is 14.4. The number of hydrogen-bond acceptors (Lipinski definition) is 2. The Balaban J connectivity index is 1.80. The second-order valence-electron chi connectivity index (χ2n) is 5.31. The molecule has 0 fully saturated rings. The van der Waals surface area contributed by atoms with Crippen LogP contribution in [0.2, 0.25) is 0 Å². The van der Waals surface area contributed by atoms with Crippen LogP contribution < -0.4 is 10.6 Å². The summed E-state index contributed by atoms with van der Waals surface area (Å²) in [5.74, 6) is -0.0487. The highest BCUT2D eigenvalue weighted by molar-refractivity contribution is 6.01. The number of aryl methyl sites for hydroxylation is 1. The second kappa shape index (κ2) is 4.38. The average molecular weight is 277 g/mol. The quantitative estimate of drug-likeness (QED) is 0.639. The third-order valence-electron chi connectivity index (χ3n) is 4.04. The minimum atomic E-state index is -0.236. The first-order valence-electron chi connectivity index (χ1n) is 6.97. The molecule has 1 amide bonds. The van der Waals surface area contributed by atoms with Gasteiger partial charge in [-0.25, -0.2) is 0 Å². The largest absolute Gasteiger partial charge is 0.360 e. The van der Waals surface area contributed by atoms with Gasteiger partial charge in [-0.3, -0.25) is 4.79 Å². The van der Waals surface area contributed by atoms with Crippen LogP contribution in [0.3, 0.4) is 0 Å². The van der Waals surface area contributed by atoms with E-state index in [-0.39, 0.29) is 12.1 Å². The number of fused-ring (bicyclic) bond motifs is 2. The van der Waals surface area contributed by atoms with Crippen LogP contribution >= 0.6 is 0 Å². The monoisotopic (exact) mass is 277 g/mol. The van der Waals surface area contributed by atoms with E-state index >= 15 is 0 Å². The summed E-state index contributed by atoms with van der Waals surface area (Å²) in [4.78, 5) is 15.6. The van der Waals surface area contributed by atoms with Gasteiger partial charge in [0.05, 0.1) is 11.3 Å². The van der Waals surface area contributed by atoms with Crippen LogP contribution in [-0.4, -0.2) is 10.9 Å². The summed E-state index contributed by atoms with van der Waals surface area (Å²) in [6.07, 6.45) is -0.236. The third-order valence-corrected chi connectivity index (χ3v) is 4.04. The number of benzene rings is 2. The van der Waals surface area contributed by atoms with Gasteiger partial charge < -0.3 is 15.6 Å². The Hall–Kier alpha value is -2.75. The van der Waals surface area contributed by atoms with Crippen molar-refractivity contribution >= 4 is 22.5 Å². The number of hydrogen-bond donors (Lipinski definition) is 3. The van der Waals surface area contributed by atoms with Crippen LogP contribution in [0.1, 0.15) is 27.8 Å². The molecule has 4 heteroatoms. The van der Waals surface area contributed by atoms with E-state index in [1.165, 1.54) is 5.39 Å². The lowest BCUT2D eigenvalue weighted by atomic mass is 10.1. The first-order valence-corrected chi connectivity index (χ1v) is 6.97. The van der Waals surface area contributed by atoms with Crippen LogP contribution in [0, 0.1) is 6.92 Å². The molecule has 2 heterocycles. The smallest absolute Gasteiger partial charge is 0.255 e. The van der Waals surface area contributed by atoms with Gasteiger partial charge in [0.25, 0.3) is 5.91 Å². The highest BCUT2D eigenvalue weighted by Gasteiger charge is 2.26. The van der Waals surface area contributed by atoms with Gasteiger partial charge in [-0.05, 0) is 30.7 Å². The van der Waals surface area contributed by atoms with Gasteiger partial charge in [0.1, 0.15) is 6.17 Å². The van der Waals surface area contributed by atoms with Crippen molar-refractivity contribution < 1.29 is 4.79 Å². The Labute approximate surface area is 122 Å². The molecule has 1 aromatic heterocycles. The molecular formula is C17H15N3O. The molecule has 0 saturated carbocycles. The number of carbonyl (C=O) groups is 1. The summed E-state index contributed by atoms with van der Waals surface area (Å²) >= 11 is 0. The Morgan fingerprint density at radius 1 is 0.952 bits per heavy atom. The molecule has 3 N–H and O–H groups in total. The van der Waals surface area contributed by atoms with Gasteiger partial charge in [-0.2, -0.15) is 0 Å². The zero-order valence-corrected chi connectivity index (χ0v) is 11.6. The molecule has 0 spiro atoms. The number of amides is 1. The van der Waals surface area contributed by atoms with Gasteiger partial charge in [0.2, 0.25) is 0 Å². The van der Waals surface area contributed by atoms with Crippen LogP contribution in [0.5, 0.6) is 0 Å². The molecular weight excluding hydrogens is 262 g/mol. The lowest BCUT2D eigenvalue weighted by Gasteiger charge is -2.27. The van der Waals surface area contributed by atoms with Gasteiger partial charge in [0, 0.05) is 16.6 Å². The average Bonchev–Trinajstić information content (AvgIpc) is 2.85. The maximum atomic E-state index is 12.2. The Bertz CT molecular complexity index is 850. The molecule has 2 aromatic carbocycles. The highest BCUT2D eigenvalue weighted by Crippen LogP contribution is 2.30. The van der Waals surface area contributed by atoms with E-state index in [0.717, 1.165) is 22.5 Å². The van der Waals surface area contributed by atoms with Gasteiger partial charge in [0.15, 0.2) is 0 Å². The molecule has 3 aromatic rings. The maximum Gasteiger partial charge on any atom is 0.255 e. The van der Waals surface area contributed by atoms with E-state index < -0.39 is 0 Å². The van der Waals surface area contributed by atoms with Crippen molar-refractivity contribution in [1.29, 1.82) is 0 Å². The van der Waals surface area contributed by atoms with Gasteiger partial charge >= 0.3 is 0 Å². The van der Waals surface area contributed by atoms with E-state index in [2.05, 4.69) is 28.6 Å². The predicted octanol–water partition coefficient (Wildman–Crippen LogP) is 3.33. The fourth-order valence-electron chi connectivity index (χ4n) is 2.94. The van der Waals surface area contributed by atoms with Crippen LogP contribution in [0.15, 0.2) is 48.5 Å². The molecule has 21 heavy (non-hydrogen) atoms. The second-order valence-corrected chi connectivity index (χ2v) is 5.31. The summed E-state index contributed by atoms with van der Waals surface area (Å²) in [6, 6.07) is 15.7. The summed E-state index contributed by atoms with van der Waals surface area (Å²) in [6.45, 7) is 2.07. The molecule has 1 atom stereocenters. The first-order chi connectivity index (χ1) is 10.2. The van der Waals surface area contributed by atoms with Crippen molar-refractivity contribution in [2.75, 3.05) is 5.32 Å². The summed E-state index contributed by atoms with van der Waals surface area (Å²) in [7, 11) is 0. The Kier molecular flexibility index (Phi) is 2.51. The summed E-state index contributed by atoms with van der Waals surface area (Å²) in [5, 5.41) is 7.57. The van der Waals surface area contributed by atoms with Crippen molar-refractivity contribution in [2.24, 2.45) is 0 Å². The minimum absolute atomic E-state index is 0.0487. The summed E-state index contributed by atoms with van der Waals surface area (Å²) in [5.41, 5.74) is 4.79. The minimum Gasteiger partial charge on any atom is -0.360 e. The Morgan fingerprint density at radius 3 is 2.57 bits per heavy atom. The SMILES string of the molecule is Cc1c(C2NC(=O)c3ccccc3N2)[nH]c2ccccc12. The first kappa shape index (κ1) is 12.0. The number of carbonyl (C=O) groups excluding carboxylic acids is 1. The van der Waals surface area contributed by atoms with E-state index in [4.69, 9.17) is 0 Å². The van der Waals surface area contributed by atoms with E-state index in [9.17, 15) is 4.79 Å². The molecule has 0 radical (unpaired) electrons. The van der Waals surface area contributed by atoms with Crippen molar-refractivity contribution in [3.63, 3.8) is 0 Å². The van der Waals surface area contributed by atoms with Crippen LogP contribution in [-0.2, 0) is 0 Å². The van der Waals surface area contributed by atoms with Gasteiger partial charge in [-0.1, -0.05) is 30.3 Å². The van der Waals surface area contributed by atoms with Crippen LogP contribution in [0.4, 0.5) is 5.69 Å². The topological polar surface area (TPSA) is 56.9 Å². The molecule has 1 unspecified atom stereocenters. The number of aromatic nitrogens is 1. The molecule has 4 rings (SSSR count). The number of aromatic amines is 1. The molecule has 0 saturated heterocycles. The number of anilines is 1. The fraction of sp³-hybridized carbons (Fsp3) is 0.118. The van der Waals surface area contributed by atoms with Crippen molar-refractivity contribution in [3.05, 3.63) is 65.4 Å². The van der Waals surface area contributed by atoms with Crippen molar-refractivity contribution in [2.45, 2.75) is 13.1 Å². The lowest BCUT2D eigenvalue weighted by Crippen LogP contribution is -2.38. The summed E-state index contributed by atoms with van der Waals surface area (Å²) < 4.78 is 0. The predicted molar refractivity (Wildman–Crippen MR) is 83.3 cm³/mol. The third kappa shape index (κ3) is 1.80. The molecule has 0 aliphatic carbocycles. The number of para-hydroxylation sites is 2. The molecule has 1 aliphatic heterocycles. The number of rotatable bonds is 1.